The molecule has 8 heteroatoms. The molecule has 2 fully saturated rings. The number of anilines is 1. The Balaban J connectivity index is 0.00000210. The van der Waals surface area contributed by atoms with Gasteiger partial charge in [0.05, 0.1) is 6.04 Å². The minimum Gasteiger partial charge on any atom is -0.399 e. The molecule has 1 atom stereocenters. The van der Waals surface area contributed by atoms with Crippen LogP contribution in [-0.4, -0.2) is 34.8 Å². The van der Waals surface area contributed by atoms with Crippen LogP contribution in [0.2, 0.25) is 0 Å². The number of hydrogen-bond donors (Lipinski definition) is 3. The van der Waals surface area contributed by atoms with Crippen molar-refractivity contribution in [2.45, 2.75) is 56.5 Å². The molecule has 1 heterocycles. The van der Waals surface area contributed by atoms with Crippen LogP contribution in [0.4, 0.5) is 10.5 Å². The van der Waals surface area contributed by atoms with E-state index in [0.717, 1.165) is 53.8 Å². The largest absolute Gasteiger partial charge is 0.399 e. The molecule has 3 aliphatic rings. The van der Waals surface area contributed by atoms with Crippen molar-refractivity contribution in [3.05, 3.63) is 29.3 Å². The van der Waals surface area contributed by atoms with E-state index >= 15 is 0 Å². The topological polar surface area (TPSA) is 105 Å². The second kappa shape index (κ2) is 7.38. The van der Waals surface area contributed by atoms with Crippen LogP contribution < -0.4 is 16.4 Å². The Morgan fingerprint density at radius 1 is 1.26 bits per heavy atom. The lowest BCUT2D eigenvalue weighted by Crippen LogP contribution is -2.45. The van der Waals surface area contributed by atoms with Crippen LogP contribution in [0.25, 0.3) is 0 Å². The minimum atomic E-state index is -0.771. The zero-order chi connectivity index (χ0) is 18.3. The van der Waals surface area contributed by atoms with Crippen LogP contribution in [0.5, 0.6) is 0 Å². The quantitative estimate of drug-likeness (QED) is 0.540. The number of carbonyl (C=O) groups is 3. The standard InChI is InChI=1S/C19H24N4O3.ClH/c20-13-6-7-14-12(10-13)4-3-5-15(14)21-16(24)11-23-17(25)19(22-18(23)26)8-1-2-9-19;/h6-7,10,15H,1-5,8-9,11,20H2,(H,21,24)(H,22,26);1H. The first-order valence-electron chi connectivity index (χ1n) is 9.30. The monoisotopic (exact) mass is 392 g/mol. The van der Waals surface area contributed by atoms with E-state index in [-0.39, 0.29) is 36.8 Å². The molecule has 27 heavy (non-hydrogen) atoms. The Hall–Kier alpha value is -2.28. The molecule has 146 valence electrons. The Bertz CT molecular complexity index is 776. The van der Waals surface area contributed by atoms with Crippen LogP contribution >= 0.6 is 12.4 Å². The number of halogens is 1. The van der Waals surface area contributed by atoms with Gasteiger partial charge in [-0.3, -0.25) is 14.5 Å². The number of nitrogens with zero attached hydrogens (tertiary/aromatic N) is 1. The number of nitrogens with one attached hydrogen (secondary N) is 2. The fourth-order valence-corrected chi connectivity index (χ4v) is 4.50. The third-order valence-electron chi connectivity index (χ3n) is 5.82. The summed E-state index contributed by atoms with van der Waals surface area (Å²) in [4.78, 5) is 38.5. The van der Waals surface area contributed by atoms with Crippen molar-refractivity contribution in [2.24, 2.45) is 0 Å². The number of nitrogen functional groups attached to an aromatic ring is 1. The van der Waals surface area contributed by atoms with Gasteiger partial charge >= 0.3 is 6.03 Å². The molecule has 0 bridgehead atoms. The molecule has 7 nitrogen and oxygen atoms in total. The van der Waals surface area contributed by atoms with E-state index < -0.39 is 11.6 Å². The summed E-state index contributed by atoms with van der Waals surface area (Å²) < 4.78 is 0. The first-order valence-corrected chi connectivity index (χ1v) is 9.30. The zero-order valence-electron chi connectivity index (χ0n) is 15.1. The molecule has 4 amide bonds. The lowest BCUT2D eigenvalue weighted by Gasteiger charge is -2.27. The van der Waals surface area contributed by atoms with E-state index in [1.54, 1.807) is 0 Å². The van der Waals surface area contributed by atoms with E-state index in [0.29, 0.717) is 12.8 Å². The van der Waals surface area contributed by atoms with Crippen LogP contribution in [0.1, 0.15) is 55.7 Å². The van der Waals surface area contributed by atoms with Crippen molar-refractivity contribution in [3.8, 4) is 0 Å². The summed E-state index contributed by atoms with van der Waals surface area (Å²) in [6.45, 7) is -0.229. The summed E-state index contributed by atoms with van der Waals surface area (Å²) in [5.41, 5.74) is 8.02. The van der Waals surface area contributed by atoms with Gasteiger partial charge in [-0.2, -0.15) is 0 Å². The van der Waals surface area contributed by atoms with Crippen molar-refractivity contribution in [2.75, 3.05) is 12.3 Å². The Labute approximate surface area is 164 Å². The van der Waals surface area contributed by atoms with Crippen molar-refractivity contribution < 1.29 is 14.4 Å². The van der Waals surface area contributed by atoms with E-state index in [2.05, 4.69) is 10.6 Å². The van der Waals surface area contributed by atoms with E-state index in [4.69, 9.17) is 5.73 Å². The molecule has 4 N–H and O–H groups in total. The van der Waals surface area contributed by atoms with Gasteiger partial charge in [-0.15, -0.1) is 12.4 Å². The first-order chi connectivity index (χ1) is 12.5. The summed E-state index contributed by atoms with van der Waals surface area (Å²) in [6.07, 6.45) is 5.92. The van der Waals surface area contributed by atoms with Gasteiger partial charge < -0.3 is 16.4 Å². The predicted octanol–water partition coefficient (Wildman–Crippen LogP) is 2.05. The Kier molecular flexibility index (Phi) is 5.33. The molecular weight excluding hydrogens is 368 g/mol. The van der Waals surface area contributed by atoms with Gasteiger partial charge in [0, 0.05) is 5.69 Å². The van der Waals surface area contributed by atoms with Gasteiger partial charge in [-0.1, -0.05) is 18.9 Å². The molecule has 0 radical (unpaired) electrons. The smallest absolute Gasteiger partial charge is 0.325 e. The SMILES string of the molecule is Cl.Nc1ccc2c(c1)CCCC2NC(=O)CN1C(=O)NC2(CCCC2)C1=O. The number of benzene rings is 1. The second-order valence-electron chi connectivity index (χ2n) is 7.58. The fourth-order valence-electron chi connectivity index (χ4n) is 4.50. The van der Waals surface area contributed by atoms with Crippen LogP contribution in [0.15, 0.2) is 18.2 Å². The number of fused-ring (bicyclic) bond motifs is 1. The number of aryl methyl sites for hydroxylation is 1. The van der Waals surface area contributed by atoms with Crippen molar-refractivity contribution in [1.82, 2.24) is 15.5 Å². The molecule has 4 rings (SSSR count). The van der Waals surface area contributed by atoms with Gasteiger partial charge in [-0.05, 0) is 55.4 Å². The highest BCUT2D eigenvalue weighted by Gasteiger charge is 2.52. The van der Waals surface area contributed by atoms with Crippen LogP contribution in [0, 0.1) is 0 Å². The molecule has 1 aromatic carbocycles. The molecule has 0 aromatic heterocycles. The third-order valence-corrected chi connectivity index (χ3v) is 5.82. The molecule has 1 unspecified atom stereocenters. The zero-order valence-corrected chi connectivity index (χ0v) is 15.9. The molecular formula is C19H25ClN4O3. The normalized spacial score (nSPS) is 23.0. The van der Waals surface area contributed by atoms with Gasteiger partial charge in [0.25, 0.3) is 5.91 Å². The molecule has 2 aliphatic carbocycles. The number of amides is 4. The molecule has 1 aromatic rings. The number of urea groups is 1. The summed E-state index contributed by atoms with van der Waals surface area (Å²) in [5.74, 6) is -0.565. The van der Waals surface area contributed by atoms with Crippen LogP contribution in [0.3, 0.4) is 0 Å². The van der Waals surface area contributed by atoms with Crippen LogP contribution in [-0.2, 0) is 16.0 Å². The molecule has 1 spiro atoms. The minimum absolute atomic E-state index is 0. The van der Waals surface area contributed by atoms with Gasteiger partial charge in [0.2, 0.25) is 5.91 Å². The third kappa shape index (κ3) is 3.48. The van der Waals surface area contributed by atoms with Gasteiger partial charge in [0.15, 0.2) is 0 Å². The van der Waals surface area contributed by atoms with E-state index in [1.165, 1.54) is 0 Å². The Morgan fingerprint density at radius 2 is 2.00 bits per heavy atom. The first kappa shape index (κ1) is 19.5. The summed E-state index contributed by atoms with van der Waals surface area (Å²) in [6, 6.07) is 5.19. The van der Waals surface area contributed by atoms with Crippen molar-refractivity contribution in [3.63, 3.8) is 0 Å². The summed E-state index contributed by atoms with van der Waals surface area (Å²) >= 11 is 0. The Morgan fingerprint density at radius 3 is 2.74 bits per heavy atom. The predicted molar refractivity (Wildman–Crippen MR) is 103 cm³/mol. The number of imide groups is 1. The maximum atomic E-state index is 12.7. The second-order valence-corrected chi connectivity index (χ2v) is 7.58. The molecule has 1 saturated heterocycles. The highest BCUT2D eigenvalue weighted by atomic mass is 35.5. The van der Waals surface area contributed by atoms with Gasteiger partial charge in [-0.25, -0.2) is 4.79 Å². The van der Waals surface area contributed by atoms with Crippen molar-refractivity contribution in [1.29, 1.82) is 0 Å². The number of rotatable bonds is 3. The summed E-state index contributed by atoms with van der Waals surface area (Å²) in [5, 5.41) is 5.79. The van der Waals surface area contributed by atoms with Gasteiger partial charge in [0.1, 0.15) is 12.1 Å². The lowest BCUT2D eigenvalue weighted by atomic mass is 9.87. The summed E-state index contributed by atoms with van der Waals surface area (Å²) in [7, 11) is 0. The highest BCUT2D eigenvalue weighted by Crippen LogP contribution is 2.35. The van der Waals surface area contributed by atoms with E-state index in [1.807, 2.05) is 18.2 Å². The fraction of sp³-hybridized carbons (Fsp3) is 0.526. The maximum absolute atomic E-state index is 12.7. The lowest BCUT2D eigenvalue weighted by molar-refractivity contribution is -0.135. The number of carbonyl (C=O) groups excluding carboxylic acids is 3. The average molecular weight is 393 g/mol. The van der Waals surface area contributed by atoms with E-state index in [9.17, 15) is 14.4 Å². The number of hydrogen-bond acceptors (Lipinski definition) is 4. The van der Waals surface area contributed by atoms with Crippen molar-refractivity contribution >= 4 is 35.9 Å². The molecule has 1 aliphatic heterocycles. The highest BCUT2D eigenvalue weighted by molar-refractivity contribution is 6.09. The molecule has 1 saturated carbocycles. The maximum Gasteiger partial charge on any atom is 0.325 e. The average Bonchev–Trinajstić information content (AvgIpc) is 3.16. The number of nitrogens with two attached hydrogens (primary N) is 1.